The number of nitrogens with one attached hydrogen (secondary N) is 1. The Morgan fingerprint density at radius 2 is 1.84 bits per heavy atom. The maximum Gasteiger partial charge on any atom is 0.233 e. The molecule has 1 N–H and O–H groups in total. The molecule has 1 amide bonds. The van der Waals surface area contributed by atoms with E-state index >= 15 is 0 Å². The van der Waals surface area contributed by atoms with Crippen molar-refractivity contribution in [2.45, 2.75) is 49.8 Å². The summed E-state index contributed by atoms with van der Waals surface area (Å²) in [7, 11) is 0. The van der Waals surface area contributed by atoms with E-state index in [1.54, 1.807) is 12.1 Å². The van der Waals surface area contributed by atoms with Crippen molar-refractivity contribution in [2.75, 3.05) is 0 Å². The van der Waals surface area contributed by atoms with Crippen molar-refractivity contribution in [3.63, 3.8) is 0 Å². The maximum atomic E-state index is 12.0. The zero-order valence-electron chi connectivity index (χ0n) is 11.7. The lowest BCUT2D eigenvalue weighted by Gasteiger charge is -2.18. The molecule has 0 aliphatic heterocycles. The van der Waals surface area contributed by atoms with Gasteiger partial charge in [-0.1, -0.05) is 26.0 Å². The fourth-order valence-electron chi connectivity index (χ4n) is 1.69. The molecule has 0 aliphatic carbocycles. The van der Waals surface area contributed by atoms with Crippen LogP contribution in [0.5, 0.6) is 0 Å². The lowest BCUT2D eigenvalue weighted by Crippen LogP contribution is -2.38. The van der Waals surface area contributed by atoms with Gasteiger partial charge in [0.2, 0.25) is 5.91 Å². The number of amides is 1. The summed E-state index contributed by atoms with van der Waals surface area (Å²) in [6, 6.07) is 7.53. The molecule has 0 fully saturated rings. The van der Waals surface area contributed by atoms with E-state index in [4.69, 9.17) is 0 Å². The number of rotatable bonds is 7. The first-order valence-electron chi connectivity index (χ1n) is 6.63. The van der Waals surface area contributed by atoms with Gasteiger partial charge in [-0.2, -0.15) is 0 Å². The standard InChI is InChI=1S/C15H21NO2S/c1-4-13(5-2)16-15(18)11(3)19-14-8-6-12(10-17)7-9-14/h6-11,13H,4-5H2,1-3H3,(H,16,18). The molecule has 4 heteroatoms. The van der Waals surface area contributed by atoms with Crippen LogP contribution in [0.2, 0.25) is 0 Å². The van der Waals surface area contributed by atoms with Gasteiger partial charge in [-0.15, -0.1) is 11.8 Å². The van der Waals surface area contributed by atoms with E-state index in [0.29, 0.717) is 5.56 Å². The third-order valence-corrected chi connectivity index (χ3v) is 4.14. The van der Waals surface area contributed by atoms with Crippen molar-refractivity contribution >= 4 is 24.0 Å². The highest BCUT2D eigenvalue weighted by molar-refractivity contribution is 8.00. The molecule has 0 radical (unpaired) electrons. The van der Waals surface area contributed by atoms with Gasteiger partial charge in [-0.25, -0.2) is 0 Å². The van der Waals surface area contributed by atoms with Crippen molar-refractivity contribution in [2.24, 2.45) is 0 Å². The van der Waals surface area contributed by atoms with Gasteiger partial charge in [0.25, 0.3) is 0 Å². The van der Waals surface area contributed by atoms with Crippen LogP contribution < -0.4 is 5.32 Å². The van der Waals surface area contributed by atoms with Crippen molar-refractivity contribution in [3.05, 3.63) is 29.8 Å². The Morgan fingerprint density at radius 1 is 1.26 bits per heavy atom. The van der Waals surface area contributed by atoms with Crippen LogP contribution in [0.3, 0.4) is 0 Å². The third-order valence-electron chi connectivity index (χ3n) is 3.03. The van der Waals surface area contributed by atoms with Gasteiger partial charge in [0.05, 0.1) is 5.25 Å². The molecule has 0 spiro atoms. The van der Waals surface area contributed by atoms with Crippen LogP contribution in [0.15, 0.2) is 29.2 Å². The Morgan fingerprint density at radius 3 is 2.32 bits per heavy atom. The number of carbonyl (C=O) groups is 2. The highest BCUT2D eigenvalue weighted by Gasteiger charge is 2.16. The number of thioether (sulfide) groups is 1. The summed E-state index contributed by atoms with van der Waals surface area (Å²) in [6.45, 7) is 6.05. The predicted octanol–water partition coefficient (Wildman–Crippen LogP) is 3.28. The molecule has 0 saturated carbocycles. The van der Waals surface area contributed by atoms with Crippen LogP contribution in [0, 0.1) is 0 Å². The minimum Gasteiger partial charge on any atom is -0.352 e. The highest BCUT2D eigenvalue weighted by Crippen LogP contribution is 2.23. The van der Waals surface area contributed by atoms with Crippen LogP contribution in [-0.4, -0.2) is 23.5 Å². The Labute approximate surface area is 119 Å². The molecule has 1 aromatic rings. The smallest absolute Gasteiger partial charge is 0.233 e. The second-order valence-electron chi connectivity index (χ2n) is 4.47. The molecule has 0 heterocycles. The third kappa shape index (κ3) is 5.07. The average Bonchev–Trinajstić information content (AvgIpc) is 2.45. The fourth-order valence-corrected chi connectivity index (χ4v) is 2.57. The summed E-state index contributed by atoms with van der Waals surface area (Å²) in [5.41, 5.74) is 0.651. The Balaban J connectivity index is 2.55. The van der Waals surface area contributed by atoms with Crippen LogP contribution in [0.1, 0.15) is 44.0 Å². The quantitative estimate of drug-likeness (QED) is 0.615. The van der Waals surface area contributed by atoms with Crippen molar-refractivity contribution < 1.29 is 9.59 Å². The number of hydrogen-bond acceptors (Lipinski definition) is 3. The Kier molecular flexibility index (Phi) is 6.64. The zero-order valence-corrected chi connectivity index (χ0v) is 12.5. The molecule has 0 aliphatic rings. The molecule has 1 aromatic carbocycles. The molecular formula is C15H21NO2S. The fraction of sp³-hybridized carbons (Fsp3) is 0.467. The van der Waals surface area contributed by atoms with Crippen molar-refractivity contribution in [3.8, 4) is 0 Å². The van der Waals surface area contributed by atoms with Gasteiger partial charge in [0.1, 0.15) is 6.29 Å². The van der Waals surface area contributed by atoms with E-state index in [1.165, 1.54) is 11.8 Å². The first kappa shape index (κ1) is 15.8. The molecule has 0 bridgehead atoms. The molecule has 1 rings (SSSR count). The van der Waals surface area contributed by atoms with Crippen molar-refractivity contribution in [1.82, 2.24) is 5.32 Å². The maximum absolute atomic E-state index is 12.0. The summed E-state index contributed by atoms with van der Waals surface area (Å²) in [6.07, 6.45) is 2.72. The minimum atomic E-state index is -0.136. The molecule has 19 heavy (non-hydrogen) atoms. The summed E-state index contributed by atoms with van der Waals surface area (Å²) in [5, 5.41) is 2.91. The Bertz CT molecular complexity index is 413. The molecular weight excluding hydrogens is 258 g/mol. The molecule has 1 atom stereocenters. The van der Waals surface area contributed by atoms with Crippen LogP contribution in [-0.2, 0) is 4.79 Å². The van der Waals surface area contributed by atoms with Gasteiger partial charge >= 0.3 is 0 Å². The first-order chi connectivity index (χ1) is 9.10. The number of hydrogen-bond donors (Lipinski definition) is 1. The van der Waals surface area contributed by atoms with Gasteiger partial charge in [0.15, 0.2) is 0 Å². The average molecular weight is 279 g/mol. The topological polar surface area (TPSA) is 46.2 Å². The number of carbonyl (C=O) groups excluding carboxylic acids is 2. The summed E-state index contributed by atoms with van der Waals surface area (Å²) < 4.78 is 0. The van der Waals surface area contributed by atoms with Crippen LogP contribution in [0.4, 0.5) is 0 Å². The molecule has 1 unspecified atom stereocenters. The van der Waals surface area contributed by atoms with Gasteiger partial charge in [-0.05, 0) is 31.9 Å². The summed E-state index contributed by atoms with van der Waals surface area (Å²) >= 11 is 1.51. The van der Waals surface area contributed by atoms with E-state index in [-0.39, 0.29) is 17.2 Å². The minimum absolute atomic E-state index is 0.0677. The van der Waals surface area contributed by atoms with Crippen molar-refractivity contribution in [1.29, 1.82) is 0 Å². The molecule has 0 saturated heterocycles. The SMILES string of the molecule is CCC(CC)NC(=O)C(C)Sc1ccc(C=O)cc1. The van der Waals surface area contributed by atoms with Gasteiger partial charge in [0, 0.05) is 16.5 Å². The van der Waals surface area contributed by atoms with E-state index in [0.717, 1.165) is 24.0 Å². The largest absolute Gasteiger partial charge is 0.352 e. The summed E-state index contributed by atoms with van der Waals surface area (Å²) in [5.74, 6) is 0.0677. The van der Waals surface area contributed by atoms with E-state index < -0.39 is 0 Å². The van der Waals surface area contributed by atoms with E-state index in [1.807, 2.05) is 19.1 Å². The molecule has 0 aromatic heterocycles. The number of aldehydes is 1. The van der Waals surface area contributed by atoms with Crippen LogP contribution in [0.25, 0.3) is 0 Å². The summed E-state index contributed by atoms with van der Waals surface area (Å²) in [4.78, 5) is 23.6. The van der Waals surface area contributed by atoms with E-state index in [2.05, 4.69) is 19.2 Å². The second kappa shape index (κ2) is 8.00. The van der Waals surface area contributed by atoms with Gasteiger partial charge < -0.3 is 5.32 Å². The normalized spacial score (nSPS) is 12.2. The lowest BCUT2D eigenvalue weighted by molar-refractivity contribution is -0.121. The molecule has 3 nitrogen and oxygen atoms in total. The highest BCUT2D eigenvalue weighted by atomic mass is 32.2. The zero-order chi connectivity index (χ0) is 14.3. The van der Waals surface area contributed by atoms with Gasteiger partial charge in [-0.3, -0.25) is 9.59 Å². The second-order valence-corrected chi connectivity index (χ2v) is 5.88. The first-order valence-corrected chi connectivity index (χ1v) is 7.50. The van der Waals surface area contributed by atoms with Crippen LogP contribution >= 0.6 is 11.8 Å². The van der Waals surface area contributed by atoms with E-state index in [9.17, 15) is 9.59 Å². The number of benzene rings is 1. The Hall–Kier alpha value is -1.29. The predicted molar refractivity (Wildman–Crippen MR) is 79.7 cm³/mol. The lowest BCUT2D eigenvalue weighted by atomic mass is 10.2. The molecule has 104 valence electrons. The monoisotopic (exact) mass is 279 g/mol.